The van der Waals surface area contributed by atoms with Gasteiger partial charge in [0.1, 0.15) is 0 Å². The zero-order valence-electron chi connectivity index (χ0n) is 17.2. The van der Waals surface area contributed by atoms with Crippen LogP contribution in [0.15, 0.2) is 42.5 Å². The third kappa shape index (κ3) is 4.91. The molecule has 1 heterocycles. The highest BCUT2D eigenvalue weighted by Crippen LogP contribution is 2.31. The van der Waals surface area contributed by atoms with Crippen molar-refractivity contribution in [3.63, 3.8) is 0 Å². The summed E-state index contributed by atoms with van der Waals surface area (Å²) in [5, 5.41) is 6.61. The standard InChI is InChI=1S/C23H28ClN3O2/c1-16-8-4-5-9-18(16)14-25-21(28)23(3)12-7-13-27(15-23)22(29)26-20-11-6-10-19(24)17(20)2/h4-6,8-11H,7,12-15H2,1-3H3,(H,25,28)(H,26,29)/t23-/m0/s1. The lowest BCUT2D eigenvalue weighted by Crippen LogP contribution is -2.52. The van der Waals surface area contributed by atoms with E-state index in [-0.39, 0.29) is 11.9 Å². The molecule has 3 amide bonds. The Kier molecular flexibility index (Phi) is 6.48. The minimum Gasteiger partial charge on any atom is -0.351 e. The smallest absolute Gasteiger partial charge is 0.321 e. The monoisotopic (exact) mass is 413 g/mol. The number of urea groups is 1. The fraction of sp³-hybridized carbons (Fsp3) is 0.391. The Balaban J connectivity index is 1.63. The van der Waals surface area contributed by atoms with E-state index in [9.17, 15) is 9.59 Å². The molecule has 2 aromatic carbocycles. The van der Waals surface area contributed by atoms with Crippen molar-refractivity contribution in [3.05, 3.63) is 64.2 Å². The van der Waals surface area contributed by atoms with Gasteiger partial charge in [-0.3, -0.25) is 4.79 Å². The Labute approximate surface area is 177 Å². The molecule has 0 radical (unpaired) electrons. The Morgan fingerprint density at radius 2 is 1.90 bits per heavy atom. The molecule has 29 heavy (non-hydrogen) atoms. The van der Waals surface area contributed by atoms with Crippen molar-refractivity contribution in [1.29, 1.82) is 0 Å². The van der Waals surface area contributed by atoms with Crippen molar-refractivity contribution >= 4 is 29.2 Å². The Morgan fingerprint density at radius 3 is 2.66 bits per heavy atom. The number of nitrogens with one attached hydrogen (secondary N) is 2. The quantitative estimate of drug-likeness (QED) is 0.748. The summed E-state index contributed by atoms with van der Waals surface area (Å²) in [7, 11) is 0. The van der Waals surface area contributed by atoms with Gasteiger partial charge in [0.2, 0.25) is 5.91 Å². The lowest BCUT2D eigenvalue weighted by molar-refractivity contribution is -0.132. The number of carbonyl (C=O) groups excluding carboxylic acids is 2. The molecule has 0 spiro atoms. The number of piperidine rings is 1. The molecule has 3 rings (SSSR count). The molecule has 2 N–H and O–H groups in total. The van der Waals surface area contributed by atoms with Crippen LogP contribution in [0.25, 0.3) is 0 Å². The van der Waals surface area contributed by atoms with Crippen LogP contribution in [-0.2, 0) is 11.3 Å². The normalized spacial score (nSPS) is 19.0. The van der Waals surface area contributed by atoms with E-state index in [1.54, 1.807) is 11.0 Å². The van der Waals surface area contributed by atoms with Crippen molar-refractivity contribution in [3.8, 4) is 0 Å². The largest absolute Gasteiger partial charge is 0.351 e. The van der Waals surface area contributed by atoms with Gasteiger partial charge in [-0.25, -0.2) is 4.79 Å². The zero-order valence-corrected chi connectivity index (χ0v) is 18.0. The molecule has 1 aliphatic rings. The maximum atomic E-state index is 12.9. The van der Waals surface area contributed by atoms with Gasteiger partial charge in [-0.2, -0.15) is 0 Å². The lowest BCUT2D eigenvalue weighted by atomic mass is 9.81. The number of hydrogen-bond acceptors (Lipinski definition) is 2. The van der Waals surface area contributed by atoms with Crippen LogP contribution in [0, 0.1) is 19.3 Å². The fourth-order valence-electron chi connectivity index (χ4n) is 3.73. The molecule has 2 aromatic rings. The number of rotatable bonds is 4. The molecule has 1 aliphatic heterocycles. The van der Waals surface area contributed by atoms with Crippen LogP contribution in [0.3, 0.4) is 0 Å². The summed E-state index contributed by atoms with van der Waals surface area (Å²) in [5.41, 5.74) is 3.17. The highest BCUT2D eigenvalue weighted by atomic mass is 35.5. The maximum Gasteiger partial charge on any atom is 0.321 e. The number of aryl methyl sites for hydroxylation is 1. The molecule has 0 aromatic heterocycles. The second kappa shape index (κ2) is 8.87. The van der Waals surface area contributed by atoms with Crippen LogP contribution in [-0.4, -0.2) is 29.9 Å². The van der Waals surface area contributed by atoms with Gasteiger partial charge in [0.15, 0.2) is 0 Å². The lowest BCUT2D eigenvalue weighted by Gasteiger charge is -2.39. The van der Waals surface area contributed by atoms with Gasteiger partial charge >= 0.3 is 6.03 Å². The van der Waals surface area contributed by atoms with Crippen molar-refractivity contribution in [2.24, 2.45) is 5.41 Å². The third-order valence-corrected chi connectivity index (χ3v) is 6.15. The van der Waals surface area contributed by atoms with Crippen LogP contribution in [0.4, 0.5) is 10.5 Å². The first-order valence-electron chi connectivity index (χ1n) is 9.94. The molecule has 154 valence electrons. The Bertz CT molecular complexity index is 915. The van der Waals surface area contributed by atoms with Crippen molar-refractivity contribution < 1.29 is 9.59 Å². The summed E-state index contributed by atoms with van der Waals surface area (Å²) in [5.74, 6) is -0.0165. The summed E-state index contributed by atoms with van der Waals surface area (Å²) in [6.45, 7) is 7.36. The van der Waals surface area contributed by atoms with Crippen molar-refractivity contribution in [2.75, 3.05) is 18.4 Å². The van der Waals surface area contributed by atoms with Gasteiger partial charge < -0.3 is 15.5 Å². The molecule has 5 nitrogen and oxygen atoms in total. The molecule has 1 atom stereocenters. The van der Waals surface area contributed by atoms with Crippen LogP contribution < -0.4 is 10.6 Å². The SMILES string of the molecule is Cc1ccccc1CNC(=O)[C@@]1(C)CCCN(C(=O)Nc2cccc(Cl)c2C)C1. The number of amides is 3. The van der Waals surface area contributed by atoms with E-state index in [0.717, 1.165) is 29.5 Å². The van der Waals surface area contributed by atoms with Gasteiger partial charge in [0.25, 0.3) is 0 Å². The first-order valence-corrected chi connectivity index (χ1v) is 10.3. The minimum atomic E-state index is -0.609. The van der Waals surface area contributed by atoms with E-state index in [0.29, 0.717) is 30.3 Å². The number of likely N-dealkylation sites (tertiary alicyclic amines) is 1. The fourth-order valence-corrected chi connectivity index (χ4v) is 3.91. The first kappa shape index (κ1) is 21.2. The second-order valence-electron chi connectivity index (χ2n) is 8.04. The molecule has 1 fully saturated rings. The number of carbonyl (C=O) groups is 2. The predicted octanol–water partition coefficient (Wildman–Crippen LogP) is 4.91. The summed E-state index contributed by atoms with van der Waals surface area (Å²) < 4.78 is 0. The van der Waals surface area contributed by atoms with E-state index in [1.807, 2.05) is 57.2 Å². The molecular formula is C23H28ClN3O2. The Hall–Kier alpha value is -2.53. The number of halogens is 1. The first-order chi connectivity index (χ1) is 13.8. The van der Waals surface area contributed by atoms with Crippen LogP contribution >= 0.6 is 11.6 Å². The summed E-state index contributed by atoms with van der Waals surface area (Å²) in [6.07, 6.45) is 1.54. The number of benzene rings is 2. The van der Waals surface area contributed by atoms with Gasteiger partial charge in [-0.15, -0.1) is 0 Å². The Morgan fingerprint density at radius 1 is 1.14 bits per heavy atom. The molecule has 0 bridgehead atoms. The highest BCUT2D eigenvalue weighted by Gasteiger charge is 2.39. The molecule has 1 saturated heterocycles. The molecule has 6 heteroatoms. The van der Waals surface area contributed by atoms with Gasteiger partial charge in [0, 0.05) is 30.3 Å². The molecule has 0 aliphatic carbocycles. The number of hydrogen-bond donors (Lipinski definition) is 2. The molecule has 0 saturated carbocycles. The highest BCUT2D eigenvalue weighted by molar-refractivity contribution is 6.31. The van der Waals surface area contributed by atoms with Gasteiger partial charge in [-0.1, -0.05) is 41.9 Å². The van der Waals surface area contributed by atoms with Crippen molar-refractivity contribution in [2.45, 2.75) is 40.2 Å². The topological polar surface area (TPSA) is 61.4 Å². The average Bonchev–Trinajstić information content (AvgIpc) is 2.70. The second-order valence-corrected chi connectivity index (χ2v) is 8.44. The van der Waals surface area contributed by atoms with E-state index >= 15 is 0 Å². The third-order valence-electron chi connectivity index (χ3n) is 5.74. The number of nitrogens with zero attached hydrogens (tertiary/aromatic N) is 1. The molecule has 0 unspecified atom stereocenters. The summed E-state index contributed by atoms with van der Waals surface area (Å²) >= 11 is 6.15. The maximum absolute atomic E-state index is 12.9. The van der Waals surface area contributed by atoms with E-state index in [2.05, 4.69) is 10.6 Å². The summed E-state index contributed by atoms with van der Waals surface area (Å²) in [6, 6.07) is 13.2. The van der Waals surface area contributed by atoms with Crippen molar-refractivity contribution in [1.82, 2.24) is 10.2 Å². The van der Waals surface area contributed by atoms with E-state index in [4.69, 9.17) is 11.6 Å². The van der Waals surface area contributed by atoms with Gasteiger partial charge in [-0.05, 0) is 62.4 Å². The van der Waals surface area contributed by atoms with Crippen LogP contribution in [0.1, 0.15) is 36.5 Å². The average molecular weight is 414 g/mol. The van der Waals surface area contributed by atoms with E-state index in [1.165, 1.54) is 0 Å². The minimum absolute atomic E-state index is 0.0165. The predicted molar refractivity (Wildman–Crippen MR) is 117 cm³/mol. The summed E-state index contributed by atoms with van der Waals surface area (Å²) in [4.78, 5) is 27.5. The van der Waals surface area contributed by atoms with Crippen LogP contribution in [0.5, 0.6) is 0 Å². The molecular weight excluding hydrogens is 386 g/mol. The zero-order chi connectivity index (χ0) is 21.0. The van der Waals surface area contributed by atoms with Crippen LogP contribution in [0.2, 0.25) is 5.02 Å². The van der Waals surface area contributed by atoms with E-state index < -0.39 is 5.41 Å². The number of anilines is 1. The van der Waals surface area contributed by atoms with Gasteiger partial charge in [0.05, 0.1) is 5.41 Å².